The molecule has 0 saturated carbocycles. The number of hydrogen-bond donors (Lipinski definition) is 0. The number of rotatable bonds is 2. The smallest absolute Gasteiger partial charge is 0.341 e. The number of esters is 1. The number of benzene rings is 1. The van der Waals surface area contributed by atoms with Gasteiger partial charge in [-0.05, 0) is 18.6 Å². The van der Waals surface area contributed by atoms with Gasteiger partial charge in [0.05, 0.1) is 18.4 Å². The highest BCUT2D eigenvalue weighted by Gasteiger charge is 2.24. The molecule has 2 heterocycles. The zero-order valence-corrected chi connectivity index (χ0v) is 12.5. The molecule has 0 saturated heterocycles. The lowest BCUT2D eigenvalue weighted by atomic mass is 10.1. The fourth-order valence-corrected chi connectivity index (χ4v) is 2.46. The van der Waals surface area contributed by atoms with Crippen molar-refractivity contribution in [2.45, 2.75) is 6.92 Å². The van der Waals surface area contributed by atoms with Crippen molar-refractivity contribution in [3.63, 3.8) is 0 Å². The van der Waals surface area contributed by atoms with E-state index in [0.29, 0.717) is 16.9 Å². The Balaban J connectivity index is 2.34. The topological polar surface area (TPSA) is 66.1 Å². The summed E-state index contributed by atoms with van der Waals surface area (Å²) in [5.41, 5.74) is 2.36. The van der Waals surface area contributed by atoms with E-state index >= 15 is 0 Å². The number of para-hydroxylation sites is 1. The third-order valence-corrected chi connectivity index (χ3v) is 3.55. The number of methoxy groups -OCH3 is 1. The summed E-state index contributed by atoms with van der Waals surface area (Å²) in [5, 5.41) is 4.34. The molecule has 22 heavy (non-hydrogen) atoms. The third-order valence-electron chi connectivity index (χ3n) is 3.55. The molecule has 0 radical (unpaired) electrons. The number of ether oxygens (including phenoxy) is 1. The van der Waals surface area contributed by atoms with Gasteiger partial charge in [0, 0.05) is 19.4 Å². The van der Waals surface area contributed by atoms with E-state index in [9.17, 15) is 9.59 Å². The van der Waals surface area contributed by atoms with Crippen LogP contribution in [-0.4, -0.2) is 27.4 Å². The van der Waals surface area contributed by atoms with Gasteiger partial charge >= 0.3 is 5.97 Å². The molecule has 3 rings (SSSR count). The van der Waals surface area contributed by atoms with Crippen molar-refractivity contribution in [1.29, 1.82) is 0 Å². The lowest BCUT2D eigenvalue weighted by molar-refractivity contribution is 0.0600. The first-order chi connectivity index (χ1) is 10.5. The zero-order chi connectivity index (χ0) is 15.9. The zero-order valence-electron chi connectivity index (χ0n) is 12.5. The average Bonchev–Trinajstić information content (AvgIpc) is 2.83. The van der Waals surface area contributed by atoms with Crippen LogP contribution in [0.3, 0.4) is 0 Å². The van der Waals surface area contributed by atoms with Crippen LogP contribution in [0.15, 0.2) is 41.5 Å². The van der Waals surface area contributed by atoms with Gasteiger partial charge in [0.1, 0.15) is 11.3 Å². The normalized spacial score (nSPS) is 10.9. The van der Waals surface area contributed by atoms with Crippen molar-refractivity contribution >= 4 is 5.97 Å². The average molecular weight is 297 g/mol. The first-order valence-corrected chi connectivity index (χ1v) is 6.76. The molecule has 2 aliphatic heterocycles. The second kappa shape index (κ2) is 5.14. The predicted octanol–water partition coefficient (Wildman–Crippen LogP) is 1.77. The summed E-state index contributed by atoms with van der Waals surface area (Å²) in [6, 6.07) is 7.46. The number of fused-ring (bicyclic) bond motifs is 1. The fraction of sp³-hybridized carbons (Fsp3) is 0.188. The maximum absolute atomic E-state index is 12.6. The first kappa shape index (κ1) is 14.1. The summed E-state index contributed by atoms with van der Waals surface area (Å²) in [4.78, 5) is 24.5. The standard InChI is InChI=1S/C16H15N3O3/c1-10-6-4-5-7-13(10)19-15(20)11-8-18(2)9-12(14(11)17-19)16(21)22-3/h4-9H,1-3H3. The van der Waals surface area contributed by atoms with Gasteiger partial charge in [-0.15, -0.1) is 0 Å². The summed E-state index contributed by atoms with van der Waals surface area (Å²) >= 11 is 0. The van der Waals surface area contributed by atoms with Crippen molar-refractivity contribution in [3.05, 3.63) is 58.1 Å². The van der Waals surface area contributed by atoms with E-state index in [1.165, 1.54) is 11.8 Å². The van der Waals surface area contributed by atoms with E-state index in [4.69, 9.17) is 4.74 Å². The Bertz CT molecular complexity index is 892. The molecule has 2 aliphatic rings. The Kier molecular flexibility index (Phi) is 3.29. The van der Waals surface area contributed by atoms with Crippen molar-refractivity contribution in [2.75, 3.05) is 7.11 Å². The molecular formula is C16H15N3O3. The highest BCUT2D eigenvalue weighted by atomic mass is 16.5. The Morgan fingerprint density at radius 2 is 1.95 bits per heavy atom. The molecule has 1 aromatic carbocycles. The van der Waals surface area contributed by atoms with Crippen LogP contribution in [0.1, 0.15) is 15.9 Å². The maximum Gasteiger partial charge on any atom is 0.341 e. The monoisotopic (exact) mass is 297 g/mol. The largest absolute Gasteiger partial charge is 0.465 e. The van der Waals surface area contributed by atoms with Crippen LogP contribution in [-0.2, 0) is 11.8 Å². The van der Waals surface area contributed by atoms with E-state index in [1.54, 1.807) is 24.0 Å². The van der Waals surface area contributed by atoms with Crippen molar-refractivity contribution in [3.8, 4) is 16.9 Å². The number of aromatic nitrogens is 3. The van der Waals surface area contributed by atoms with Crippen LogP contribution in [0, 0.1) is 6.92 Å². The van der Waals surface area contributed by atoms with Gasteiger partial charge in [0.2, 0.25) is 0 Å². The van der Waals surface area contributed by atoms with Gasteiger partial charge in [0.25, 0.3) is 5.56 Å². The van der Waals surface area contributed by atoms with E-state index in [2.05, 4.69) is 5.10 Å². The summed E-state index contributed by atoms with van der Waals surface area (Å²) in [6.07, 6.45) is 3.26. The van der Waals surface area contributed by atoms with Gasteiger partial charge in [-0.25, -0.2) is 4.79 Å². The third kappa shape index (κ3) is 2.09. The first-order valence-electron chi connectivity index (χ1n) is 6.76. The van der Waals surface area contributed by atoms with Gasteiger partial charge in [0.15, 0.2) is 0 Å². The van der Waals surface area contributed by atoms with Gasteiger partial charge in [-0.1, -0.05) is 18.2 Å². The molecule has 0 atom stereocenters. The van der Waals surface area contributed by atoms with Crippen LogP contribution in [0.25, 0.3) is 16.9 Å². The Morgan fingerprint density at radius 3 is 2.64 bits per heavy atom. The Labute approximate surface area is 126 Å². The fourth-order valence-electron chi connectivity index (χ4n) is 2.46. The van der Waals surface area contributed by atoms with Crippen molar-refractivity contribution in [2.24, 2.45) is 7.05 Å². The van der Waals surface area contributed by atoms with Crippen LogP contribution >= 0.6 is 0 Å². The minimum absolute atomic E-state index is 0.259. The lowest BCUT2D eigenvalue weighted by Crippen LogP contribution is -2.16. The van der Waals surface area contributed by atoms with Crippen molar-refractivity contribution < 1.29 is 9.53 Å². The van der Waals surface area contributed by atoms with Crippen LogP contribution in [0.2, 0.25) is 0 Å². The minimum atomic E-state index is -0.518. The van der Waals surface area contributed by atoms with Gasteiger partial charge in [-0.2, -0.15) is 9.78 Å². The summed E-state index contributed by atoms with van der Waals surface area (Å²) < 4.78 is 7.75. The Hall–Kier alpha value is -2.89. The maximum atomic E-state index is 12.6. The highest BCUT2D eigenvalue weighted by Crippen LogP contribution is 2.23. The summed E-state index contributed by atoms with van der Waals surface area (Å²) in [5.74, 6) is -0.518. The number of nitrogens with zero attached hydrogens (tertiary/aromatic N) is 3. The second-order valence-electron chi connectivity index (χ2n) is 5.09. The van der Waals surface area contributed by atoms with Crippen LogP contribution in [0.5, 0.6) is 0 Å². The van der Waals surface area contributed by atoms with Crippen LogP contribution < -0.4 is 5.56 Å². The molecule has 0 unspecified atom stereocenters. The molecule has 6 nitrogen and oxygen atoms in total. The number of pyridine rings is 1. The number of hydrogen-bond acceptors (Lipinski definition) is 4. The second-order valence-corrected chi connectivity index (χ2v) is 5.09. The molecule has 0 bridgehead atoms. The van der Waals surface area contributed by atoms with Crippen LogP contribution in [0.4, 0.5) is 0 Å². The number of carbonyl (C=O) groups is 1. The molecule has 0 amide bonds. The predicted molar refractivity (Wildman–Crippen MR) is 81.5 cm³/mol. The molecule has 0 aromatic heterocycles. The van der Waals surface area contributed by atoms with E-state index in [0.717, 1.165) is 5.56 Å². The molecule has 112 valence electrons. The minimum Gasteiger partial charge on any atom is -0.465 e. The Morgan fingerprint density at radius 1 is 1.23 bits per heavy atom. The molecule has 1 aromatic rings. The molecule has 0 N–H and O–H groups in total. The number of aryl methyl sites for hydroxylation is 2. The van der Waals surface area contributed by atoms with E-state index < -0.39 is 5.97 Å². The van der Waals surface area contributed by atoms with Gasteiger partial charge < -0.3 is 9.30 Å². The summed E-state index contributed by atoms with van der Waals surface area (Å²) in [6.45, 7) is 1.91. The number of carbonyl (C=O) groups excluding carboxylic acids is 1. The molecule has 6 heteroatoms. The van der Waals surface area contributed by atoms with E-state index in [1.807, 2.05) is 31.2 Å². The lowest BCUT2D eigenvalue weighted by Gasteiger charge is -2.06. The van der Waals surface area contributed by atoms with E-state index in [-0.39, 0.29) is 11.1 Å². The highest BCUT2D eigenvalue weighted by molar-refractivity contribution is 5.96. The SMILES string of the molecule is COC(=O)c1cn(C)cc2c(=O)n(-c3ccccc3C)nc1-2. The summed E-state index contributed by atoms with van der Waals surface area (Å²) in [7, 11) is 3.05. The van der Waals surface area contributed by atoms with Gasteiger partial charge in [-0.3, -0.25) is 4.79 Å². The van der Waals surface area contributed by atoms with Crippen molar-refractivity contribution in [1.82, 2.24) is 14.3 Å². The molecular weight excluding hydrogens is 282 g/mol. The molecule has 0 spiro atoms. The molecule has 0 fully saturated rings. The molecule has 0 aliphatic carbocycles. The quantitative estimate of drug-likeness (QED) is 0.676.